The number of ketones is 1. The zero-order valence-electron chi connectivity index (χ0n) is 9.37. The van der Waals surface area contributed by atoms with E-state index < -0.39 is 0 Å². The zero-order chi connectivity index (χ0) is 11.4. The highest BCUT2D eigenvalue weighted by Gasteiger charge is 2.00. The Balaban J connectivity index is 3.10. The average Bonchev–Trinajstić information content (AvgIpc) is 2.25. The second kappa shape index (κ2) is 11.2. The molecule has 0 aromatic rings. The van der Waals surface area contributed by atoms with E-state index in [0.29, 0.717) is 25.7 Å². The van der Waals surface area contributed by atoms with Crippen molar-refractivity contribution >= 4 is 5.78 Å². The highest BCUT2D eigenvalue weighted by atomic mass is 16.3. The number of unbranched alkanes of at least 4 members (excludes halogenated alkanes) is 5. The van der Waals surface area contributed by atoms with Gasteiger partial charge in [-0.1, -0.05) is 19.3 Å². The second-order valence-corrected chi connectivity index (χ2v) is 3.79. The standard InChI is InChI=1S/C12H21NO2/c13-10-6-4-2-1-3-5-8-12(15)9-7-11-14/h14H,1-9,11H2. The van der Waals surface area contributed by atoms with Crippen LogP contribution >= 0.6 is 0 Å². The largest absolute Gasteiger partial charge is 0.396 e. The van der Waals surface area contributed by atoms with Gasteiger partial charge >= 0.3 is 0 Å². The fourth-order valence-electron chi connectivity index (χ4n) is 1.46. The van der Waals surface area contributed by atoms with Crippen molar-refractivity contribution in [1.82, 2.24) is 0 Å². The lowest BCUT2D eigenvalue weighted by Gasteiger charge is -2.00. The van der Waals surface area contributed by atoms with Gasteiger partial charge in [0.15, 0.2) is 0 Å². The summed E-state index contributed by atoms with van der Waals surface area (Å²) in [6.07, 6.45) is 7.65. The van der Waals surface area contributed by atoms with Crippen LogP contribution < -0.4 is 0 Å². The predicted molar refractivity (Wildman–Crippen MR) is 59.3 cm³/mol. The van der Waals surface area contributed by atoms with Gasteiger partial charge in [-0.2, -0.15) is 5.26 Å². The van der Waals surface area contributed by atoms with Crippen molar-refractivity contribution < 1.29 is 9.90 Å². The van der Waals surface area contributed by atoms with E-state index in [2.05, 4.69) is 6.07 Å². The first kappa shape index (κ1) is 14.1. The van der Waals surface area contributed by atoms with Gasteiger partial charge in [-0.25, -0.2) is 0 Å². The maximum atomic E-state index is 11.2. The van der Waals surface area contributed by atoms with Crippen LogP contribution in [0.2, 0.25) is 0 Å². The zero-order valence-corrected chi connectivity index (χ0v) is 9.37. The van der Waals surface area contributed by atoms with Crippen LogP contribution in [-0.4, -0.2) is 17.5 Å². The Labute approximate surface area is 92.1 Å². The lowest BCUT2D eigenvalue weighted by atomic mass is 10.1. The molecule has 0 aromatic carbocycles. The summed E-state index contributed by atoms with van der Waals surface area (Å²) in [6.45, 7) is 0.111. The number of nitrogens with zero attached hydrogens (tertiary/aromatic N) is 1. The molecule has 0 aromatic heterocycles. The topological polar surface area (TPSA) is 61.1 Å². The Hall–Kier alpha value is -0.880. The van der Waals surface area contributed by atoms with Gasteiger partial charge in [0.25, 0.3) is 0 Å². The Kier molecular flexibility index (Phi) is 10.5. The van der Waals surface area contributed by atoms with E-state index in [-0.39, 0.29) is 12.4 Å². The molecule has 0 aliphatic heterocycles. The average molecular weight is 211 g/mol. The van der Waals surface area contributed by atoms with Crippen molar-refractivity contribution in [1.29, 1.82) is 5.26 Å². The quantitative estimate of drug-likeness (QED) is 0.565. The van der Waals surface area contributed by atoms with Gasteiger partial charge in [-0.3, -0.25) is 4.79 Å². The van der Waals surface area contributed by atoms with Crippen LogP contribution in [0.3, 0.4) is 0 Å². The third kappa shape index (κ3) is 11.0. The Morgan fingerprint density at radius 1 is 1.00 bits per heavy atom. The molecule has 0 amide bonds. The van der Waals surface area contributed by atoms with Gasteiger partial charge in [0.2, 0.25) is 0 Å². The summed E-state index contributed by atoms with van der Waals surface area (Å²) >= 11 is 0. The van der Waals surface area contributed by atoms with Crippen molar-refractivity contribution in [2.45, 2.75) is 57.8 Å². The normalized spacial score (nSPS) is 9.87. The van der Waals surface area contributed by atoms with Crippen LogP contribution in [0.4, 0.5) is 0 Å². The fourth-order valence-corrected chi connectivity index (χ4v) is 1.46. The Bertz CT molecular complexity index is 196. The number of aliphatic hydroxyl groups is 1. The fraction of sp³-hybridized carbons (Fsp3) is 0.833. The molecule has 0 bridgehead atoms. The molecular weight excluding hydrogens is 190 g/mol. The van der Waals surface area contributed by atoms with Crippen LogP contribution in [0.5, 0.6) is 0 Å². The lowest BCUT2D eigenvalue weighted by Crippen LogP contribution is -1.99. The summed E-state index contributed by atoms with van der Waals surface area (Å²) in [5.74, 6) is 0.265. The summed E-state index contributed by atoms with van der Waals surface area (Å²) in [7, 11) is 0. The molecule has 0 saturated carbocycles. The number of nitriles is 1. The van der Waals surface area contributed by atoms with E-state index in [1.165, 1.54) is 0 Å². The van der Waals surface area contributed by atoms with Crippen molar-refractivity contribution in [2.75, 3.05) is 6.61 Å². The first-order chi connectivity index (χ1) is 7.31. The van der Waals surface area contributed by atoms with Crippen molar-refractivity contribution in [2.24, 2.45) is 0 Å². The molecule has 86 valence electrons. The summed E-state index contributed by atoms with van der Waals surface area (Å²) in [5, 5.41) is 16.8. The lowest BCUT2D eigenvalue weighted by molar-refractivity contribution is -0.119. The Morgan fingerprint density at radius 3 is 2.27 bits per heavy atom. The van der Waals surface area contributed by atoms with E-state index in [9.17, 15) is 4.79 Å². The highest BCUT2D eigenvalue weighted by molar-refractivity contribution is 5.78. The summed E-state index contributed by atoms with van der Waals surface area (Å²) < 4.78 is 0. The number of Topliss-reactive ketones (excluding diaryl/α,β-unsaturated/α-hetero) is 1. The molecule has 0 spiro atoms. The molecule has 0 unspecified atom stereocenters. The van der Waals surface area contributed by atoms with E-state index in [1.807, 2.05) is 0 Å². The van der Waals surface area contributed by atoms with Gasteiger partial charge in [0.05, 0.1) is 6.07 Å². The predicted octanol–water partition coefficient (Wildman–Crippen LogP) is 2.58. The smallest absolute Gasteiger partial charge is 0.132 e. The highest BCUT2D eigenvalue weighted by Crippen LogP contribution is 2.08. The molecule has 0 saturated heterocycles. The molecule has 0 radical (unpaired) electrons. The molecule has 3 heteroatoms. The molecule has 0 heterocycles. The third-order valence-corrected chi connectivity index (χ3v) is 2.36. The van der Waals surface area contributed by atoms with Crippen molar-refractivity contribution in [3.05, 3.63) is 0 Å². The molecule has 0 aliphatic rings. The minimum absolute atomic E-state index is 0.111. The number of aliphatic hydroxyl groups excluding tert-OH is 1. The molecule has 0 aliphatic carbocycles. The third-order valence-electron chi connectivity index (χ3n) is 2.36. The van der Waals surface area contributed by atoms with Gasteiger partial charge in [-0.05, 0) is 19.3 Å². The van der Waals surface area contributed by atoms with Gasteiger partial charge in [0.1, 0.15) is 5.78 Å². The van der Waals surface area contributed by atoms with Gasteiger partial charge in [-0.15, -0.1) is 0 Å². The summed E-state index contributed by atoms with van der Waals surface area (Å²) in [5.41, 5.74) is 0. The summed E-state index contributed by atoms with van der Waals surface area (Å²) in [6, 6.07) is 2.12. The van der Waals surface area contributed by atoms with Crippen LogP contribution in [0, 0.1) is 11.3 Å². The van der Waals surface area contributed by atoms with E-state index in [4.69, 9.17) is 10.4 Å². The molecule has 15 heavy (non-hydrogen) atoms. The van der Waals surface area contributed by atoms with E-state index in [1.54, 1.807) is 0 Å². The van der Waals surface area contributed by atoms with Crippen LogP contribution in [0.25, 0.3) is 0 Å². The summed E-state index contributed by atoms with van der Waals surface area (Å²) in [4.78, 5) is 11.2. The number of carbonyl (C=O) groups is 1. The van der Waals surface area contributed by atoms with Crippen molar-refractivity contribution in [3.8, 4) is 6.07 Å². The van der Waals surface area contributed by atoms with Crippen LogP contribution in [0.1, 0.15) is 57.8 Å². The molecule has 3 nitrogen and oxygen atoms in total. The first-order valence-corrected chi connectivity index (χ1v) is 5.80. The van der Waals surface area contributed by atoms with E-state index in [0.717, 1.165) is 32.1 Å². The molecule has 0 fully saturated rings. The maximum Gasteiger partial charge on any atom is 0.132 e. The van der Waals surface area contributed by atoms with Gasteiger partial charge < -0.3 is 5.11 Å². The number of hydrogen-bond donors (Lipinski definition) is 1. The van der Waals surface area contributed by atoms with Gasteiger partial charge in [0, 0.05) is 25.9 Å². The molecular formula is C12H21NO2. The number of rotatable bonds is 10. The minimum Gasteiger partial charge on any atom is -0.396 e. The molecule has 0 atom stereocenters. The van der Waals surface area contributed by atoms with Crippen LogP contribution in [0.15, 0.2) is 0 Å². The molecule has 0 rings (SSSR count). The van der Waals surface area contributed by atoms with E-state index >= 15 is 0 Å². The van der Waals surface area contributed by atoms with Crippen molar-refractivity contribution in [3.63, 3.8) is 0 Å². The Morgan fingerprint density at radius 2 is 1.60 bits per heavy atom. The monoisotopic (exact) mass is 211 g/mol. The number of carbonyl (C=O) groups excluding carboxylic acids is 1. The maximum absolute atomic E-state index is 11.2. The first-order valence-electron chi connectivity index (χ1n) is 5.80. The minimum atomic E-state index is 0.111. The molecule has 1 N–H and O–H groups in total. The van der Waals surface area contributed by atoms with Crippen LogP contribution in [-0.2, 0) is 4.79 Å². The second-order valence-electron chi connectivity index (χ2n) is 3.79. The SMILES string of the molecule is N#CCCCCCCCC(=O)CCCO. The number of hydrogen-bond acceptors (Lipinski definition) is 3.